The van der Waals surface area contributed by atoms with Gasteiger partial charge in [0.15, 0.2) is 0 Å². The molecule has 1 aliphatic rings. The molecule has 2 rings (SSSR count). The zero-order valence-electron chi connectivity index (χ0n) is 12.6. The van der Waals surface area contributed by atoms with Gasteiger partial charge in [-0.1, -0.05) is 0 Å². The van der Waals surface area contributed by atoms with Gasteiger partial charge in [0.25, 0.3) is 5.91 Å². The van der Waals surface area contributed by atoms with Crippen LogP contribution >= 0.6 is 0 Å². The first-order valence-electron chi connectivity index (χ1n) is 7.11. The third-order valence-corrected chi connectivity index (χ3v) is 3.92. The van der Waals surface area contributed by atoms with Crippen LogP contribution in [0.2, 0.25) is 0 Å². The predicted octanol–water partition coefficient (Wildman–Crippen LogP) is 1.30. The fourth-order valence-corrected chi connectivity index (χ4v) is 2.23. The first-order chi connectivity index (χ1) is 9.90. The van der Waals surface area contributed by atoms with Crippen molar-refractivity contribution in [2.75, 3.05) is 13.6 Å². The highest BCUT2D eigenvalue weighted by Gasteiger charge is 2.29. The Kier molecular flexibility index (Phi) is 4.57. The summed E-state index contributed by atoms with van der Waals surface area (Å²) in [7, 11) is 2.07. The van der Waals surface area contributed by atoms with E-state index in [4.69, 9.17) is 5.11 Å². The number of pyridine rings is 1. The van der Waals surface area contributed by atoms with Gasteiger partial charge >= 0.3 is 5.97 Å². The van der Waals surface area contributed by atoms with E-state index < -0.39 is 5.97 Å². The molecule has 1 saturated carbocycles. The molecule has 0 aromatic carbocycles. The molecule has 0 bridgehead atoms. The van der Waals surface area contributed by atoms with E-state index >= 15 is 0 Å². The summed E-state index contributed by atoms with van der Waals surface area (Å²) in [6.07, 6.45) is 2.46. The lowest BCUT2D eigenvalue weighted by atomic mass is 10.2. The number of carbonyl (C=O) groups excluding carboxylic acids is 1. The molecule has 1 atom stereocenters. The third kappa shape index (κ3) is 3.78. The molecule has 0 saturated heterocycles. The number of aryl methyl sites for hydroxylation is 1. The SMILES string of the molecule is Cc1nc(C(=O)NCC(C)N(C)C2CC2)ccc1C(=O)O. The number of carboxylic acid groups (broad SMARTS) is 1. The van der Waals surface area contributed by atoms with Crippen molar-refractivity contribution in [1.82, 2.24) is 15.2 Å². The van der Waals surface area contributed by atoms with E-state index in [0.717, 1.165) is 0 Å². The summed E-state index contributed by atoms with van der Waals surface area (Å²) < 4.78 is 0. The second-order valence-electron chi connectivity index (χ2n) is 5.59. The summed E-state index contributed by atoms with van der Waals surface area (Å²) >= 11 is 0. The average Bonchev–Trinajstić information content (AvgIpc) is 3.27. The quantitative estimate of drug-likeness (QED) is 0.825. The Morgan fingerprint density at radius 1 is 1.48 bits per heavy atom. The van der Waals surface area contributed by atoms with Crippen molar-refractivity contribution in [2.24, 2.45) is 0 Å². The summed E-state index contributed by atoms with van der Waals surface area (Å²) in [5, 5.41) is 11.8. The number of rotatable bonds is 6. The van der Waals surface area contributed by atoms with Crippen molar-refractivity contribution < 1.29 is 14.7 Å². The van der Waals surface area contributed by atoms with Gasteiger partial charge in [-0.2, -0.15) is 0 Å². The topological polar surface area (TPSA) is 82.5 Å². The smallest absolute Gasteiger partial charge is 0.337 e. The molecule has 1 aromatic heterocycles. The molecule has 1 unspecified atom stereocenters. The van der Waals surface area contributed by atoms with E-state index in [1.165, 1.54) is 25.0 Å². The highest BCUT2D eigenvalue weighted by Crippen LogP contribution is 2.26. The molecule has 6 heteroatoms. The second kappa shape index (κ2) is 6.22. The molecule has 1 aromatic rings. The number of carboxylic acids is 1. The van der Waals surface area contributed by atoms with Crippen LogP contribution in [0.4, 0.5) is 0 Å². The molecule has 1 heterocycles. The number of hydrogen-bond donors (Lipinski definition) is 2. The second-order valence-corrected chi connectivity index (χ2v) is 5.59. The van der Waals surface area contributed by atoms with Gasteiger partial charge in [0.1, 0.15) is 5.69 Å². The van der Waals surface area contributed by atoms with Crippen molar-refractivity contribution in [1.29, 1.82) is 0 Å². The monoisotopic (exact) mass is 291 g/mol. The molecule has 1 fully saturated rings. The number of likely N-dealkylation sites (N-methyl/N-ethyl adjacent to an activating group) is 1. The first-order valence-corrected chi connectivity index (χ1v) is 7.11. The number of hydrogen-bond acceptors (Lipinski definition) is 4. The highest BCUT2D eigenvalue weighted by molar-refractivity contribution is 5.94. The lowest BCUT2D eigenvalue weighted by molar-refractivity contribution is 0.0694. The van der Waals surface area contributed by atoms with Gasteiger partial charge in [-0.15, -0.1) is 0 Å². The van der Waals surface area contributed by atoms with Crippen molar-refractivity contribution in [3.8, 4) is 0 Å². The van der Waals surface area contributed by atoms with E-state index in [1.54, 1.807) is 6.92 Å². The zero-order valence-corrected chi connectivity index (χ0v) is 12.6. The van der Waals surface area contributed by atoms with Gasteiger partial charge in [-0.25, -0.2) is 9.78 Å². The summed E-state index contributed by atoms with van der Waals surface area (Å²) in [5.74, 6) is -1.31. The minimum Gasteiger partial charge on any atom is -0.478 e. The van der Waals surface area contributed by atoms with Gasteiger partial charge < -0.3 is 10.4 Å². The largest absolute Gasteiger partial charge is 0.478 e. The fraction of sp³-hybridized carbons (Fsp3) is 0.533. The minimum absolute atomic E-state index is 0.119. The molecular formula is C15H21N3O3. The van der Waals surface area contributed by atoms with Crippen LogP contribution in [-0.4, -0.2) is 52.5 Å². The van der Waals surface area contributed by atoms with E-state index in [0.29, 0.717) is 18.3 Å². The van der Waals surface area contributed by atoms with E-state index in [9.17, 15) is 9.59 Å². The Hall–Kier alpha value is -1.95. The summed E-state index contributed by atoms with van der Waals surface area (Å²) in [6, 6.07) is 3.77. The molecule has 6 nitrogen and oxygen atoms in total. The van der Waals surface area contributed by atoms with Crippen LogP contribution in [0.1, 0.15) is 46.3 Å². The van der Waals surface area contributed by atoms with Crippen LogP contribution in [-0.2, 0) is 0 Å². The van der Waals surface area contributed by atoms with Crippen LogP contribution in [0.5, 0.6) is 0 Å². The maximum Gasteiger partial charge on any atom is 0.337 e. The van der Waals surface area contributed by atoms with Crippen LogP contribution in [0.15, 0.2) is 12.1 Å². The van der Waals surface area contributed by atoms with Gasteiger partial charge in [0.05, 0.1) is 11.3 Å². The Labute approximate surface area is 124 Å². The minimum atomic E-state index is -1.04. The Balaban J connectivity index is 1.93. The molecule has 0 aliphatic heterocycles. The Morgan fingerprint density at radius 3 is 2.67 bits per heavy atom. The summed E-state index contributed by atoms with van der Waals surface area (Å²) in [5.41, 5.74) is 0.713. The Bertz CT molecular complexity index is 555. The van der Waals surface area contributed by atoms with Gasteiger partial charge in [0.2, 0.25) is 0 Å². The molecule has 0 spiro atoms. The van der Waals surface area contributed by atoms with Crippen molar-refractivity contribution in [3.63, 3.8) is 0 Å². The molecule has 21 heavy (non-hydrogen) atoms. The van der Waals surface area contributed by atoms with Gasteiger partial charge in [-0.05, 0) is 45.9 Å². The Morgan fingerprint density at radius 2 is 2.14 bits per heavy atom. The van der Waals surface area contributed by atoms with Gasteiger partial charge in [0, 0.05) is 18.6 Å². The third-order valence-electron chi connectivity index (χ3n) is 3.92. The molecular weight excluding hydrogens is 270 g/mol. The predicted molar refractivity (Wildman–Crippen MR) is 78.5 cm³/mol. The number of nitrogens with zero attached hydrogens (tertiary/aromatic N) is 2. The number of amides is 1. The van der Waals surface area contributed by atoms with Crippen molar-refractivity contribution >= 4 is 11.9 Å². The summed E-state index contributed by atoms with van der Waals surface area (Å²) in [4.78, 5) is 29.3. The maximum atomic E-state index is 12.1. The van der Waals surface area contributed by atoms with Crippen LogP contribution in [0, 0.1) is 6.92 Å². The molecule has 0 radical (unpaired) electrons. The van der Waals surface area contributed by atoms with E-state index in [2.05, 4.69) is 29.2 Å². The standard InChI is InChI=1S/C15H21N3O3/c1-9(18(3)11-4-5-11)8-16-14(19)13-7-6-12(15(20)21)10(2)17-13/h6-7,9,11H,4-5,8H2,1-3H3,(H,16,19)(H,20,21). The highest BCUT2D eigenvalue weighted by atomic mass is 16.4. The molecule has 114 valence electrons. The number of aromatic nitrogens is 1. The normalized spacial score (nSPS) is 15.8. The van der Waals surface area contributed by atoms with Gasteiger partial charge in [-0.3, -0.25) is 9.69 Å². The number of carbonyl (C=O) groups is 2. The number of nitrogens with one attached hydrogen (secondary N) is 1. The summed E-state index contributed by atoms with van der Waals surface area (Å²) in [6.45, 7) is 4.21. The first kappa shape index (κ1) is 15.4. The molecule has 1 aliphatic carbocycles. The maximum absolute atomic E-state index is 12.1. The lowest BCUT2D eigenvalue weighted by Crippen LogP contribution is -2.41. The van der Waals surface area contributed by atoms with Crippen molar-refractivity contribution in [2.45, 2.75) is 38.8 Å². The molecule has 2 N–H and O–H groups in total. The van der Waals surface area contributed by atoms with Crippen LogP contribution in [0.25, 0.3) is 0 Å². The molecule has 1 amide bonds. The fourth-order valence-electron chi connectivity index (χ4n) is 2.23. The number of aromatic carboxylic acids is 1. The average molecular weight is 291 g/mol. The van der Waals surface area contributed by atoms with Crippen LogP contribution in [0.3, 0.4) is 0 Å². The van der Waals surface area contributed by atoms with E-state index in [-0.39, 0.29) is 23.2 Å². The lowest BCUT2D eigenvalue weighted by Gasteiger charge is -2.24. The van der Waals surface area contributed by atoms with Crippen molar-refractivity contribution in [3.05, 3.63) is 29.1 Å². The van der Waals surface area contributed by atoms with E-state index in [1.807, 2.05) is 0 Å². The van der Waals surface area contributed by atoms with Crippen LogP contribution < -0.4 is 5.32 Å². The zero-order chi connectivity index (χ0) is 15.6.